The number of hydrogen-bond donors (Lipinski definition) is 1. The highest BCUT2D eigenvalue weighted by atomic mass is 16.5. The molecule has 0 unspecified atom stereocenters. The van der Waals surface area contributed by atoms with Crippen LogP contribution in [-0.4, -0.2) is 13.1 Å². The molecule has 0 aliphatic carbocycles. The van der Waals surface area contributed by atoms with E-state index in [1.807, 2.05) is 48.5 Å². The molecule has 1 heterocycles. The maximum absolute atomic E-state index is 11.5. The third-order valence-corrected chi connectivity index (χ3v) is 5.02. The van der Waals surface area contributed by atoms with E-state index < -0.39 is 0 Å². The van der Waals surface area contributed by atoms with Crippen LogP contribution in [0.25, 0.3) is 22.1 Å². The van der Waals surface area contributed by atoms with Crippen molar-refractivity contribution in [2.45, 2.75) is 19.6 Å². The number of hydrogen-bond acceptors (Lipinski definition) is 5. The summed E-state index contributed by atoms with van der Waals surface area (Å²) in [6, 6.07) is 21.8. The number of carbonyl (C=O) groups excluding carboxylic acids is 1. The van der Waals surface area contributed by atoms with Crippen molar-refractivity contribution in [1.29, 1.82) is 0 Å². The Kier molecular flexibility index (Phi) is 5.82. The van der Waals surface area contributed by atoms with E-state index in [1.165, 1.54) is 7.11 Å². The van der Waals surface area contributed by atoms with Crippen LogP contribution in [0.15, 0.2) is 77.4 Å². The fraction of sp³-hybridized carbons (Fsp3) is 0.160. The Bertz CT molecular complexity index is 1180. The first-order chi connectivity index (χ1) is 14.7. The van der Waals surface area contributed by atoms with Crippen LogP contribution in [0.5, 0.6) is 5.75 Å². The fourth-order valence-corrected chi connectivity index (χ4v) is 3.40. The van der Waals surface area contributed by atoms with E-state index in [4.69, 9.17) is 19.6 Å². The molecule has 3 aromatic carbocycles. The van der Waals surface area contributed by atoms with E-state index in [2.05, 4.69) is 18.2 Å². The number of benzene rings is 3. The summed E-state index contributed by atoms with van der Waals surface area (Å²) in [6.07, 6.45) is 1.94. The molecule has 152 valence electrons. The standard InChI is InChI=1S/C25H23NO4/c1-28-25(27)12-17-4-3-7-22(11-17)29-15-21-16-30-24-9-8-20(13-23(21)24)19-6-2-5-18(10-19)14-26/h2-11,13,16H,12,14-15,26H2,1H3. The lowest BCUT2D eigenvalue weighted by Gasteiger charge is -2.08. The van der Waals surface area contributed by atoms with Crippen molar-refractivity contribution in [3.05, 3.63) is 89.7 Å². The number of nitrogens with two attached hydrogens (primary N) is 1. The second-order valence-corrected chi connectivity index (χ2v) is 7.07. The first-order valence-electron chi connectivity index (χ1n) is 9.74. The molecule has 30 heavy (non-hydrogen) atoms. The molecular weight excluding hydrogens is 378 g/mol. The maximum Gasteiger partial charge on any atom is 0.309 e. The van der Waals surface area contributed by atoms with Crippen molar-refractivity contribution in [1.82, 2.24) is 0 Å². The van der Waals surface area contributed by atoms with Crippen molar-refractivity contribution in [3.8, 4) is 16.9 Å². The number of esters is 1. The highest BCUT2D eigenvalue weighted by molar-refractivity contribution is 5.86. The number of rotatable bonds is 7. The van der Waals surface area contributed by atoms with Gasteiger partial charge in [0.05, 0.1) is 19.8 Å². The van der Waals surface area contributed by atoms with E-state index >= 15 is 0 Å². The molecule has 0 saturated carbocycles. The summed E-state index contributed by atoms with van der Waals surface area (Å²) in [5.41, 5.74) is 11.7. The van der Waals surface area contributed by atoms with Crippen molar-refractivity contribution < 1.29 is 18.7 Å². The predicted molar refractivity (Wildman–Crippen MR) is 116 cm³/mol. The molecule has 4 rings (SSSR count). The van der Waals surface area contributed by atoms with E-state index in [0.717, 1.165) is 38.8 Å². The Morgan fingerprint density at radius 3 is 2.60 bits per heavy atom. The minimum atomic E-state index is -0.279. The smallest absolute Gasteiger partial charge is 0.309 e. The average molecular weight is 401 g/mol. The van der Waals surface area contributed by atoms with Gasteiger partial charge >= 0.3 is 5.97 Å². The van der Waals surface area contributed by atoms with Gasteiger partial charge in [-0.2, -0.15) is 0 Å². The van der Waals surface area contributed by atoms with Crippen molar-refractivity contribution in [2.24, 2.45) is 5.73 Å². The molecule has 0 saturated heterocycles. The Hall–Kier alpha value is -3.57. The first-order valence-corrected chi connectivity index (χ1v) is 9.74. The zero-order valence-corrected chi connectivity index (χ0v) is 16.8. The maximum atomic E-state index is 11.5. The molecule has 0 atom stereocenters. The molecule has 2 N–H and O–H groups in total. The van der Waals surface area contributed by atoms with Gasteiger partial charge in [-0.15, -0.1) is 0 Å². The monoisotopic (exact) mass is 401 g/mol. The van der Waals surface area contributed by atoms with Crippen molar-refractivity contribution >= 4 is 16.9 Å². The zero-order chi connectivity index (χ0) is 20.9. The van der Waals surface area contributed by atoms with E-state index in [0.29, 0.717) is 18.9 Å². The van der Waals surface area contributed by atoms with Crippen LogP contribution in [0.3, 0.4) is 0 Å². The third kappa shape index (κ3) is 4.36. The summed E-state index contributed by atoms with van der Waals surface area (Å²) in [6.45, 7) is 0.872. The Balaban J connectivity index is 1.55. The molecular formula is C25H23NO4. The Morgan fingerprint density at radius 2 is 1.77 bits per heavy atom. The summed E-state index contributed by atoms with van der Waals surface area (Å²) in [7, 11) is 1.38. The summed E-state index contributed by atoms with van der Waals surface area (Å²) >= 11 is 0. The quantitative estimate of drug-likeness (QED) is 0.448. The van der Waals surface area contributed by atoms with Gasteiger partial charge in [0.1, 0.15) is 17.9 Å². The largest absolute Gasteiger partial charge is 0.489 e. The zero-order valence-electron chi connectivity index (χ0n) is 16.8. The molecule has 0 bridgehead atoms. The summed E-state index contributed by atoms with van der Waals surface area (Å²) in [5.74, 6) is 0.414. The van der Waals surface area contributed by atoms with Crippen LogP contribution in [0, 0.1) is 0 Å². The van der Waals surface area contributed by atoms with Crippen LogP contribution in [-0.2, 0) is 29.1 Å². The normalized spacial score (nSPS) is 10.9. The minimum Gasteiger partial charge on any atom is -0.489 e. The first kappa shape index (κ1) is 19.7. The molecule has 1 aromatic heterocycles. The third-order valence-electron chi connectivity index (χ3n) is 5.02. The lowest BCUT2D eigenvalue weighted by molar-refractivity contribution is -0.139. The molecule has 4 aromatic rings. The molecule has 0 fully saturated rings. The molecule has 0 spiro atoms. The molecule has 5 nitrogen and oxygen atoms in total. The van der Waals surface area contributed by atoms with Gasteiger partial charge in [0, 0.05) is 17.5 Å². The Morgan fingerprint density at radius 1 is 0.967 bits per heavy atom. The lowest BCUT2D eigenvalue weighted by Crippen LogP contribution is -2.04. The van der Waals surface area contributed by atoms with Gasteiger partial charge < -0.3 is 19.6 Å². The highest BCUT2D eigenvalue weighted by Crippen LogP contribution is 2.29. The fourth-order valence-electron chi connectivity index (χ4n) is 3.40. The van der Waals surface area contributed by atoms with Gasteiger partial charge in [0.2, 0.25) is 0 Å². The number of methoxy groups -OCH3 is 1. The molecule has 5 heteroatoms. The molecule has 0 aliphatic heterocycles. The number of fused-ring (bicyclic) bond motifs is 1. The predicted octanol–water partition coefficient (Wildman–Crippen LogP) is 4.85. The van der Waals surface area contributed by atoms with E-state index in [1.54, 1.807) is 6.26 Å². The van der Waals surface area contributed by atoms with Crippen LogP contribution in [0.4, 0.5) is 0 Å². The van der Waals surface area contributed by atoms with Gasteiger partial charge in [0.15, 0.2) is 0 Å². The molecule has 0 amide bonds. The van der Waals surface area contributed by atoms with E-state index in [-0.39, 0.29) is 12.4 Å². The second kappa shape index (κ2) is 8.84. The van der Waals surface area contributed by atoms with Crippen LogP contribution in [0.2, 0.25) is 0 Å². The second-order valence-electron chi connectivity index (χ2n) is 7.07. The summed E-state index contributed by atoms with van der Waals surface area (Å²) in [4.78, 5) is 11.5. The van der Waals surface area contributed by atoms with Crippen LogP contribution >= 0.6 is 0 Å². The number of carbonyl (C=O) groups is 1. The van der Waals surface area contributed by atoms with Crippen LogP contribution in [0.1, 0.15) is 16.7 Å². The minimum absolute atomic E-state index is 0.216. The summed E-state index contributed by atoms with van der Waals surface area (Å²) in [5, 5.41) is 1.01. The van der Waals surface area contributed by atoms with E-state index in [9.17, 15) is 4.79 Å². The topological polar surface area (TPSA) is 74.7 Å². The van der Waals surface area contributed by atoms with Crippen molar-refractivity contribution in [3.63, 3.8) is 0 Å². The number of furan rings is 1. The highest BCUT2D eigenvalue weighted by Gasteiger charge is 2.10. The summed E-state index contributed by atoms with van der Waals surface area (Å²) < 4.78 is 16.4. The average Bonchev–Trinajstić information content (AvgIpc) is 3.20. The SMILES string of the molecule is COC(=O)Cc1cccc(OCc2coc3ccc(-c4cccc(CN)c4)cc23)c1. The van der Waals surface area contributed by atoms with Crippen molar-refractivity contribution in [2.75, 3.05) is 7.11 Å². The van der Waals surface area contributed by atoms with Gasteiger partial charge in [-0.25, -0.2) is 0 Å². The van der Waals surface area contributed by atoms with Gasteiger partial charge in [-0.3, -0.25) is 4.79 Å². The van der Waals surface area contributed by atoms with Gasteiger partial charge in [-0.05, 0) is 52.6 Å². The van der Waals surface area contributed by atoms with Gasteiger partial charge in [-0.1, -0.05) is 36.4 Å². The number of ether oxygens (including phenoxy) is 2. The van der Waals surface area contributed by atoms with Gasteiger partial charge in [0.25, 0.3) is 0 Å². The lowest BCUT2D eigenvalue weighted by atomic mass is 10.0. The Labute approximate surface area is 175 Å². The molecule has 0 radical (unpaired) electrons. The molecule has 0 aliphatic rings. The van der Waals surface area contributed by atoms with Crippen LogP contribution < -0.4 is 10.5 Å².